The Bertz CT molecular complexity index is 388. The van der Waals surface area contributed by atoms with Crippen LogP contribution >= 0.6 is 15.9 Å². The van der Waals surface area contributed by atoms with Gasteiger partial charge in [-0.3, -0.25) is 0 Å². The molecule has 3 heteroatoms. The summed E-state index contributed by atoms with van der Waals surface area (Å²) in [5, 5.41) is 3.27. The largest absolute Gasteiger partial charge is 0.313 e. The highest BCUT2D eigenvalue weighted by Crippen LogP contribution is 2.33. The van der Waals surface area contributed by atoms with E-state index in [9.17, 15) is 4.39 Å². The van der Waals surface area contributed by atoms with Gasteiger partial charge in [-0.05, 0) is 41.4 Å². The number of rotatable bonds is 4. The molecule has 1 atom stereocenters. The van der Waals surface area contributed by atoms with Crippen LogP contribution in [0.1, 0.15) is 50.1 Å². The molecule has 1 aliphatic carbocycles. The molecule has 0 saturated heterocycles. The van der Waals surface area contributed by atoms with Crippen molar-refractivity contribution in [2.24, 2.45) is 5.92 Å². The molecule has 1 aromatic rings. The van der Waals surface area contributed by atoms with Crippen LogP contribution in [0, 0.1) is 11.7 Å². The predicted molar refractivity (Wildman–Crippen MR) is 77.1 cm³/mol. The second kappa shape index (κ2) is 6.67. The lowest BCUT2D eigenvalue weighted by Crippen LogP contribution is -2.22. The van der Waals surface area contributed by atoms with Crippen LogP contribution in [0.4, 0.5) is 4.39 Å². The highest BCUT2D eigenvalue weighted by Gasteiger charge is 2.21. The van der Waals surface area contributed by atoms with Crippen LogP contribution < -0.4 is 5.32 Å². The minimum Gasteiger partial charge on any atom is -0.313 e. The first-order valence-electron chi connectivity index (χ1n) is 6.83. The van der Waals surface area contributed by atoms with Crippen molar-refractivity contribution in [3.8, 4) is 0 Å². The summed E-state index contributed by atoms with van der Waals surface area (Å²) in [5.41, 5.74) is 0.789. The Morgan fingerprint density at radius 2 is 2.06 bits per heavy atom. The summed E-state index contributed by atoms with van der Waals surface area (Å²) in [7, 11) is 1.92. The van der Waals surface area contributed by atoms with Crippen LogP contribution in [0.3, 0.4) is 0 Å². The van der Waals surface area contributed by atoms with Gasteiger partial charge in [0.25, 0.3) is 0 Å². The molecule has 1 aliphatic rings. The normalized spacial score (nSPS) is 18.8. The van der Waals surface area contributed by atoms with Crippen molar-refractivity contribution in [1.29, 1.82) is 0 Å². The molecule has 0 bridgehead atoms. The first-order chi connectivity index (χ1) is 8.72. The molecule has 2 rings (SSSR count). The first-order valence-corrected chi connectivity index (χ1v) is 7.63. The van der Waals surface area contributed by atoms with Crippen molar-refractivity contribution in [2.75, 3.05) is 7.05 Å². The molecule has 1 fully saturated rings. The predicted octanol–water partition coefficient (Wildman–Crippen LogP) is 4.82. The van der Waals surface area contributed by atoms with Crippen LogP contribution in [-0.4, -0.2) is 7.05 Å². The van der Waals surface area contributed by atoms with Gasteiger partial charge in [0.1, 0.15) is 5.82 Å². The van der Waals surface area contributed by atoms with E-state index in [1.165, 1.54) is 32.1 Å². The number of hydrogen-bond donors (Lipinski definition) is 1. The maximum atomic E-state index is 14.1. The SMILES string of the molecule is CNC(CC1CCCCC1)c1cccc(Br)c1F. The topological polar surface area (TPSA) is 12.0 Å². The summed E-state index contributed by atoms with van der Waals surface area (Å²) in [6.45, 7) is 0. The van der Waals surface area contributed by atoms with Crippen molar-refractivity contribution in [3.63, 3.8) is 0 Å². The van der Waals surface area contributed by atoms with Gasteiger partial charge in [-0.2, -0.15) is 0 Å². The van der Waals surface area contributed by atoms with Gasteiger partial charge >= 0.3 is 0 Å². The van der Waals surface area contributed by atoms with Crippen molar-refractivity contribution in [2.45, 2.75) is 44.6 Å². The van der Waals surface area contributed by atoms with Gasteiger partial charge in [0, 0.05) is 11.6 Å². The molecule has 0 aromatic heterocycles. The average molecular weight is 314 g/mol. The Morgan fingerprint density at radius 3 is 2.72 bits per heavy atom. The minimum atomic E-state index is -0.118. The fourth-order valence-electron chi connectivity index (χ4n) is 2.95. The van der Waals surface area contributed by atoms with E-state index in [0.717, 1.165) is 17.9 Å². The summed E-state index contributed by atoms with van der Waals surface area (Å²) in [4.78, 5) is 0. The van der Waals surface area contributed by atoms with Gasteiger partial charge in [-0.15, -0.1) is 0 Å². The highest BCUT2D eigenvalue weighted by atomic mass is 79.9. The zero-order chi connectivity index (χ0) is 13.0. The third-order valence-corrected chi connectivity index (χ3v) is 4.61. The third kappa shape index (κ3) is 3.33. The van der Waals surface area contributed by atoms with Crippen molar-refractivity contribution in [3.05, 3.63) is 34.1 Å². The number of nitrogens with one attached hydrogen (secondary N) is 1. The minimum absolute atomic E-state index is 0.118. The molecule has 1 unspecified atom stereocenters. The Kier molecular flexibility index (Phi) is 5.19. The van der Waals surface area contributed by atoms with Gasteiger partial charge in [-0.25, -0.2) is 4.39 Å². The number of halogens is 2. The van der Waals surface area contributed by atoms with Crippen molar-refractivity contribution in [1.82, 2.24) is 5.32 Å². The van der Waals surface area contributed by atoms with E-state index in [2.05, 4.69) is 21.2 Å². The van der Waals surface area contributed by atoms with E-state index < -0.39 is 0 Å². The van der Waals surface area contributed by atoms with Gasteiger partial charge in [0.15, 0.2) is 0 Å². The Morgan fingerprint density at radius 1 is 1.33 bits per heavy atom. The average Bonchev–Trinajstić information content (AvgIpc) is 2.41. The Labute approximate surface area is 117 Å². The fraction of sp³-hybridized carbons (Fsp3) is 0.600. The number of benzene rings is 1. The second-order valence-corrected chi connectivity index (χ2v) is 6.08. The summed E-state index contributed by atoms with van der Waals surface area (Å²) >= 11 is 3.27. The van der Waals surface area contributed by atoms with Gasteiger partial charge in [-0.1, -0.05) is 44.2 Å². The van der Waals surface area contributed by atoms with Crippen LogP contribution in [0.2, 0.25) is 0 Å². The van der Waals surface area contributed by atoms with Gasteiger partial charge in [0.05, 0.1) is 4.47 Å². The molecule has 1 N–H and O–H groups in total. The molecule has 1 aromatic carbocycles. The molecular weight excluding hydrogens is 293 g/mol. The zero-order valence-electron chi connectivity index (χ0n) is 10.9. The molecule has 0 spiro atoms. The molecular formula is C15H21BrFN. The van der Waals surface area contributed by atoms with Crippen molar-refractivity contribution < 1.29 is 4.39 Å². The standard InChI is InChI=1S/C15H21BrFN/c1-18-14(10-11-6-3-2-4-7-11)12-8-5-9-13(16)15(12)17/h5,8-9,11,14,18H,2-4,6-7,10H2,1H3. The summed E-state index contributed by atoms with van der Waals surface area (Å²) < 4.78 is 14.7. The Hall–Kier alpha value is -0.410. The van der Waals surface area contributed by atoms with Crippen LogP contribution in [0.25, 0.3) is 0 Å². The van der Waals surface area contributed by atoms with Gasteiger partial charge in [0.2, 0.25) is 0 Å². The Balaban J connectivity index is 2.09. The molecule has 0 radical (unpaired) electrons. The molecule has 100 valence electrons. The summed E-state index contributed by atoms with van der Waals surface area (Å²) in [6, 6.07) is 5.69. The monoisotopic (exact) mass is 313 g/mol. The maximum Gasteiger partial charge on any atom is 0.142 e. The van der Waals surface area contributed by atoms with E-state index in [1.54, 1.807) is 6.07 Å². The number of hydrogen-bond acceptors (Lipinski definition) is 1. The molecule has 18 heavy (non-hydrogen) atoms. The molecule has 0 aliphatic heterocycles. The maximum absolute atomic E-state index is 14.1. The lowest BCUT2D eigenvalue weighted by molar-refractivity contribution is 0.303. The van der Waals surface area contributed by atoms with E-state index in [4.69, 9.17) is 0 Å². The van der Waals surface area contributed by atoms with Crippen molar-refractivity contribution >= 4 is 15.9 Å². The second-order valence-electron chi connectivity index (χ2n) is 5.22. The summed E-state index contributed by atoms with van der Waals surface area (Å²) in [6.07, 6.45) is 7.68. The zero-order valence-corrected chi connectivity index (χ0v) is 12.5. The quantitative estimate of drug-likeness (QED) is 0.840. The lowest BCUT2D eigenvalue weighted by atomic mass is 9.83. The fourth-order valence-corrected chi connectivity index (χ4v) is 3.33. The van der Waals surface area contributed by atoms with E-state index in [0.29, 0.717) is 4.47 Å². The first kappa shape index (κ1) is 14.0. The third-order valence-electron chi connectivity index (χ3n) is 4.00. The lowest BCUT2D eigenvalue weighted by Gasteiger charge is -2.27. The summed E-state index contributed by atoms with van der Waals surface area (Å²) in [5.74, 6) is 0.627. The van der Waals surface area contributed by atoms with Gasteiger partial charge < -0.3 is 5.32 Å². The molecule has 1 nitrogen and oxygen atoms in total. The highest BCUT2D eigenvalue weighted by molar-refractivity contribution is 9.10. The van der Waals surface area contributed by atoms with E-state index in [1.807, 2.05) is 19.2 Å². The van der Waals surface area contributed by atoms with E-state index in [-0.39, 0.29) is 11.9 Å². The van der Waals surface area contributed by atoms with Crippen LogP contribution in [-0.2, 0) is 0 Å². The molecule has 0 heterocycles. The van der Waals surface area contributed by atoms with Crippen LogP contribution in [0.15, 0.2) is 22.7 Å². The molecule has 0 amide bonds. The molecule has 1 saturated carbocycles. The van der Waals surface area contributed by atoms with E-state index >= 15 is 0 Å². The van der Waals surface area contributed by atoms with Crippen LogP contribution in [0.5, 0.6) is 0 Å². The smallest absolute Gasteiger partial charge is 0.142 e.